The predicted molar refractivity (Wildman–Crippen MR) is 46.6 cm³/mol. The number of ether oxygens (including phenoxy) is 1. The third-order valence-electron chi connectivity index (χ3n) is 2.01. The van der Waals surface area contributed by atoms with E-state index in [0.29, 0.717) is 10.9 Å². The highest BCUT2D eigenvalue weighted by Gasteiger charge is 2.19. The average molecular weight is 207 g/mol. The molecule has 0 aliphatic carbocycles. The molecule has 2 heteroatoms. The lowest BCUT2D eigenvalue weighted by Crippen LogP contribution is -2.27. The summed E-state index contributed by atoms with van der Waals surface area (Å²) >= 11 is 3.61. The molecule has 0 bridgehead atoms. The number of hydrogen-bond acceptors (Lipinski definition) is 1. The molecule has 1 aliphatic rings. The molecule has 0 aromatic heterocycles. The molecule has 1 fully saturated rings. The summed E-state index contributed by atoms with van der Waals surface area (Å²) in [6.07, 6.45) is 5.49. The Morgan fingerprint density at radius 1 is 1.60 bits per heavy atom. The van der Waals surface area contributed by atoms with Crippen LogP contribution in [0.2, 0.25) is 0 Å². The van der Waals surface area contributed by atoms with E-state index in [0.717, 1.165) is 6.61 Å². The van der Waals surface area contributed by atoms with E-state index in [1.54, 1.807) is 0 Å². The molecule has 2 atom stereocenters. The van der Waals surface area contributed by atoms with Gasteiger partial charge in [-0.1, -0.05) is 22.9 Å². The molecule has 1 saturated heterocycles. The number of hydrogen-bond donors (Lipinski definition) is 0. The summed E-state index contributed by atoms with van der Waals surface area (Å²) in [6.45, 7) is 3.16. The van der Waals surface area contributed by atoms with Gasteiger partial charge in [-0.2, -0.15) is 0 Å². The van der Waals surface area contributed by atoms with Crippen LogP contribution in [0.1, 0.15) is 32.6 Å². The van der Waals surface area contributed by atoms with Crippen LogP contribution in [0.15, 0.2) is 0 Å². The Morgan fingerprint density at radius 2 is 2.40 bits per heavy atom. The first-order valence-corrected chi connectivity index (χ1v) is 5.02. The van der Waals surface area contributed by atoms with Crippen LogP contribution < -0.4 is 0 Å². The molecule has 0 aromatic carbocycles. The second-order valence-corrected chi connectivity index (χ2v) is 4.01. The number of rotatable bonds is 2. The minimum absolute atomic E-state index is 0.485. The van der Waals surface area contributed by atoms with Crippen molar-refractivity contribution in [1.82, 2.24) is 0 Å². The lowest BCUT2D eigenvalue weighted by atomic mass is 10.1. The van der Waals surface area contributed by atoms with Crippen molar-refractivity contribution in [2.45, 2.75) is 43.5 Å². The molecule has 1 rings (SSSR count). The van der Waals surface area contributed by atoms with E-state index in [9.17, 15) is 0 Å². The van der Waals surface area contributed by atoms with Gasteiger partial charge < -0.3 is 4.74 Å². The highest BCUT2D eigenvalue weighted by atomic mass is 79.9. The van der Waals surface area contributed by atoms with Gasteiger partial charge >= 0.3 is 0 Å². The van der Waals surface area contributed by atoms with Crippen LogP contribution in [-0.2, 0) is 4.74 Å². The molecular weight excluding hydrogens is 192 g/mol. The van der Waals surface area contributed by atoms with Crippen molar-refractivity contribution in [3.8, 4) is 0 Å². The summed E-state index contributed by atoms with van der Waals surface area (Å²) in [4.78, 5) is 0.577. The van der Waals surface area contributed by atoms with Gasteiger partial charge in [-0.05, 0) is 25.7 Å². The zero-order valence-electron chi connectivity index (χ0n) is 6.48. The Morgan fingerprint density at radius 3 is 2.90 bits per heavy atom. The van der Waals surface area contributed by atoms with E-state index in [4.69, 9.17) is 4.74 Å². The van der Waals surface area contributed by atoms with Gasteiger partial charge in [-0.3, -0.25) is 0 Å². The van der Waals surface area contributed by atoms with Gasteiger partial charge in [0.05, 0.1) is 6.10 Å². The van der Waals surface area contributed by atoms with Gasteiger partial charge in [-0.15, -0.1) is 0 Å². The Kier molecular flexibility index (Phi) is 3.71. The molecule has 1 heterocycles. The first kappa shape index (κ1) is 8.54. The monoisotopic (exact) mass is 206 g/mol. The Bertz CT molecular complexity index is 89.3. The third-order valence-corrected chi connectivity index (χ3v) is 3.25. The second kappa shape index (κ2) is 4.35. The fraction of sp³-hybridized carbons (Fsp3) is 1.00. The number of halogens is 1. The van der Waals surface area contributed by atoms with Gasteiger partial charge in [-0.25, -0.2) is 0 Å². The molecule has 10 heavy (non-hydrogen) atoms. The standard InChI is InChI=1S/C8H15BrO/c1-2-7(9)8-5-3-4-6-10-8/h7-8H,2-6H2,1H3. The van der Waals surface area contributed by atoms with Crippen LogP contribution in [0.5, 0.6) is 0 Å². The molecule has 0 amide bonds. The summed E-state index contributed by atoms with van der Waals surface area (Å²) in [5, 5.41) is 0. The first-order chi connectivity index (χ1) is 4.84. The zero-order chi connectivity index (χ0) is 7.40. The molecule has 1 nitrogen and oxygen atoms in total. The smallest absolute Gasteiger partial charge is 0.0699 e. The maximum absolute atomic E-state index is 5.58. The summed E-state index contributed by atoms with van der Waals surface area (Å²) in [6, 6.07) is 0. The lowest BCUT2D eigenvalue weighted by molar-refractivity contribution is 0.0159. The molecule has 0 saturated carbocycles. The molecular formula is C8H15BrO. The fourth-order valence-electron chi connectivity index (χ4n) is 1.31. The van der Waals surface area contributed by atoms with E-state index in [2.05, 4.69) is 22.9 Å². The van der Waals surface area contributed by atoms with Crippen LogP contribution in [-0.4, -0.2) is 17.5 Å². The minimum atomic E-state index is 0.485. The van der Waals surface area contributed by atoms with Crippen molar-refractivity contribution >= 4 is 15.9 Å². The van der Waals surface area contributed by atoms with Crippen molar-refractivity contribution in [3.05, 3.63) is 0 Å². The Hall–Kier alpha value is 0.440. The molecule has 2 unspecified atom stereocenters. The quantitative estimate of drug-likeness (QED) is 0.632. The minimum Gasteiger partial charge on any atom is -0.377 e. The average Bonchev–Trinajstić information content (AvgIpc) is 2.05. The second-order valence-electron chi connectivity index (χ2n) is 2.83. The van der Waals surface area contributed by atoms with Crippen LogP contribution in [0.4, 0.5) is 0 Å². The predicted octanol–water partition coefficient (Wildman–Crippen LogP) is 2.73. The van der Waals surface area contributed by atoms with E-state index < -0.39 is 0 Å². The molecule has 60 valence electrons. The summed E-state index contributed by atoms with van der Waals surface area (Å²) in [7, 11) is 0. The van der Waals surface area contributed by atoms with Crippen LogP contribution in [0.3, 0.4) is 0 Å². The maximum Gasteiger partial charge on any atom is 0.0699 e. The van der Waals surface area contributed by atoms with Crippen molar-refractivity contribution in [2.75, 3.05) is 6.61 Å². The Labute approximate surface area is 71.3 Å². The van der Waals surface area contributed by atoms with Crippen LogP contribution in [0.25, 0.3) is 0 Å². The molecule has 1 aliphatic heterocycles. The first-order valence-electron chi connectivity index (χ1n) is 4.10. The van der Waals surface area contributed by atoms with Crippen molar-refractivity contribution in [1.29, 1.82) is 0 Å². The van der Waals surface area contributed by atoms with E-state index in [1.807, 2.05) is 0 Å². The normalized spacial score (nSPS) is 30.0. The Balaban J connectivity index is 2.24. The summed E-state index contributed by atoms with van der Waals surface area (Å²) in [5.74, 6) is 0. The van der Waals surface area contributed by atoms with Crippen molar-refractivity contribution in [3.63, 3.8) is 0 Å². The summed E-state index contributed by atoms with van der Waals surface area (Å²) in [5.41, 5.74) is 0. The van der Waals surface area contributed by atoms with Crippen LogP contribution in [0, 0.1) is 0 Å². The highest BCUT2D eigenvalue weighted by molar-refractivity contribution is 9.09. The van der Waals surface area contributed by atoms with Crippen molar-refractivity contribution < 1.29 is 4.74 Å². The lowest BCUT2D eigenvalue weighted by Gasteiger charge is -2.25. The third kappa shape index (κ3) is 2.24. The van der Waals surface area contributed by atoms with Gasteiger partial charge in [0.1, 0.15) is 0 Å². The van der Waals surface area contributed by atoms with Gasteiger partial charge in [0, 0.05) is 11.4 Å². The SMILES string of the molecule is CCC(Br)C1CCCCO1. The van der Waals surface area contributed by atoms with E-state index >= 15 is 0 Å². The van der Waals surface area contributed by atoms with Gasteiger partial charge in [0.15, 0.2) is 0 Å². The topological polar surface area (TPSA) is 9.23 Å². The van der Waals surface area contributed by atoms with Crippen molar-refractivity contribution in [2.24, 2.45) is 0 Å². The van der Waals surface area contributed by atoms with Gasteiger partial charge in [0.2, 0.25) is 0 Å². The maximum atomic E-state index is 5.58. The molecule has 0 aromatic rings. The largest absolute Gasteiger partial charge is 0.377 e. The van der Waals surface area contributed by atoms with E-state index in [-0.39, 0.29) is 0 Å². The molecule has 0 N–H and O–H groups in total. The highest BCUT2D eigenvalue weighted by Crippen LogP contribution is 2.22. The molecule has 0 radical (unpaired) electrons. The fourth-order valence-corrected chi connectivity index (χ4v) is 1.73. The zero-order valence-corrected chi connectivity index (χ0v) is 8.06. The van der Waals surface area contributed by atoms with Gasteiger partial charge in [0.25, 0.3) is 0 Å². The van der Waals surface area contributed by atoms with Crippen LogP contribution >= 0.6 is 15.9 Å². The summed E-state index contributed by atoms with van der Waals surface area (Å²) < 4.78 is 5.58. The van der Waals surface area contributed by atoms with E-state index in [1.165, 1.54) is 25.7 Å². The number of alkyl halides is 1. The molecule has 0 spiro atoms.